The van der Waals surface area contributed by atoms with Crippen molar-refractivity contribution in [3.8, 4) is 0 Å². The SMILES string of the molecule is Cc1ccc(CC(NC(=O)Nc2ccc(Cl)cc2F)c2ccccn2)cc1. The van der Waals surface area contributed by atoms with E-state index in [9.17, 15) is 9.18 Å². The van der Waals surface area contributed by atoms with Gasteiger partial charge in [0.1, 0.15) is 5.82 Å². The quantitative estimate of drug-likeness (QED) is 0.629. The molecule has 0 aliphatic heterocycles. The Balaban J connectivity index is 1.76. The van der Waals surface area contributed by atoms with Crippen molar-refractivity contribution >= 4 is 23.3 Å². The van der Waals surface area contributed by atoms with Crippen LogP contribution in [0.15, 0.2) is 66.9 Å². The van der Waals surface area contributed by atoms with Crippen molar-refractivity contribution in [2.45, 2.75) is 19.4 Å². The second-order valence-electron chi connectivity index (χ2n) is 6.22. The van der Waals surface area contributed by atoms with E-state index in [4.69, 9.17) is 11.6 Å². The third-order valence-corrected chi connectivity index (χ3v) is 4.32. The lowest BCUT2D eigenvalue weighted by atomic mass is 10.0. The minimum Gasteiger partial charge on any atom is -0.329 e. The molecule has 138 valence electrons. The zero-order chi connectivity index (χ0) is 19.2. The van der Waals surface area contributed by atoms with E-state index in [0.29, 0.717) is 6.42 Å². The summed E-state index contributed by atoms with van der Waals surface area (Å²) in [5.74, 6) is -0.592. The smallest absolute Gasteiger partial charge is 0.319 e. The van der Waals surface area contributed by atoms with Crippen LogP contribution in [0.4, 0.5) is 14.9 Å². The molecule has 2 aromatic carbocycles. The van der Waals surface area contributed by atoms with Crippen molar-refractivity contribution in [3.05, 3.63) is 94.5 Å². The van der Waals surface area contributed by atoms with Gasteiger partial charge in [-0.15, -0.1) is 0 Å². The van der Waals surface area contributed by atoms with E-state index >= 15 is 0 Å². The molecule has 0 saturated carbocycles. The van der Waals surface area contributed by atoms with Crippen LogP contribution in [-0.4, -0.2) is 11.0 Å². The first kappa shape index (κ1) is 18.9. The number of aryl methyl sites for hydroxylation is 1. The van der Waals surface area contributed by atoms with Crippen LogP contribution in [0.1, 0.15) is 22.9 Å². The van der Waals surface area contributed by atoms with Crippen LogP contribution in [0.3, 0.4) is 0 Å². The Morgan fingerprint density at radius 1 is 1.15 bits per heavy atom. The Labute approximate surface area is 162 Å². The summed E-state index contributed by atoms with van der Waals surface area (Å²) in [6.45, 7) is 2.02. The average Bonchev–Trinajstić information content (AvgIpc) is 2.66. The molecular weight excluding hydrogens is 365 g/mol. The molecule has 27 heavy (non-hydrogen) atoms. The highest BCUT2D eigenvalue weighted by atomic mass is 35.5. The highest BCUT2D eigenvalue weighted by Gasteiger charge is 2.17. The van der Waals surface area contributed by atoms with E-state index in [0.717, 1.165) is 22.9 Å². The standard InChI is InChI=1S/C21H19ClFN3O/c1-14-5-7-15(8-6-14)12-20(19-4-2-3-11-24-19)26-21(27)25-18-10-9-16(22)13-17(18)23/h2-11,13,20H,12H2,1H3,(H2,25,26,27). The van der Waals surface area contributed by atoms with E-state index in [1.54, 1.807) is 6.20 Å². The molecule has 6 heteroatoms. The maximum Gasteiger partial charge on any atom is 0.319 e. The Bertz CT molecular complexity index is 916. The minimum absolute atomic E-state index is 0.0620. The third-order valence-electron chi connectivity index (χ3n) is 4.09. The van der Waals surface area contributed by atoms with Crippen LogP contribution < -0.4 is 10.6 Å². The maximum atomic E-state index is 13.9. The third kappa shape index (κ3) is 5.28. The largest absolute Gasteiger partial charge is 0.329 e. The lowest BCUT2D eigenvalue weighted by Crippen LogP contribution is -2.34. The molecule has 1 aromatic heterocycles. The summed E-state index contributed by atoms with van der Waals surface area (Å²) in [7, 11) is 0. The van der Waals surface area contributed by atoms with Gasteiger partial charge in [0.05, 0.1) is 17.4 Å². The molecular formula is C21H19ClFN3O. The first-order chi connectivity index (χ1) is 13.0. The second kappa shape index (κ2) is 8.64. The highest BCUT2D eigenvalue weighted by molar-refractivity contribution is 6.30. The monoisotopic (exact) mass is 383 g/mol. The minimum atomic E-state index is -0.592. The van der Waals surface area contributed by atoms with Gasteiger partial charge in [0.15, 0.2) is 0 Å². The van der Waals surface area contributed by atoms with Crippen LogP contribution in [-0.2, 0) is 6.42 Å². The summed E-state index contributed by atoms with van der Waals surface area (Å²) in [5, 5.41) is 5.66. The lowest BCUT2D eigenvalue weighted by Gasteiger charge is -2.19. The first-order valence-electron chi connectivity index (χ1n) is 8.50. The molecule has 3 aromatic rings. The number of rotatable bonds is 5. The fraction of sp³-hybridized carbons (Fsp3) is 0.143. The molecule has 0 saturated heterocycles. The van der Waals surface area contributed by atoms with Crippen molar-refractivity contribution in [1.29, 1.82) is 0 Å². The first-order valence-corrected chi connectivity index (χ1v) is 8.88. The number of hydrogen-bond acceptors (Lipinski definition) is 2. The normalized spacial score (nSPS) is 11.7. The van der Waals surface area contributed by atoms with Crippen LogP contribution in [0.5, 0.6) is 0 Å². The molecule has 0 aliphatic carbocycles. The number of aromatic nitrogens is 1. The second-order valence-corrected chi connectivity index (χ2v) is 6.66. The van der Waals surface area contributed by atoms with Crippen LogP contribution in [0.2, 0.25) is 5.02 Å². The van der Waals surface area contributed by atoms with Gasteiger partial charge < -0.3 is 10.6 Å². The fourth-order valence-corrected chi connectivity index (χ4v) is 2.84. The molecule has 4 nitrogen and oxygen atoms in total. The molecule has 2 N–H and O–H groups in total. The molecule has 1 heterocycles. The van der Waals surface area contributed by atoms with E-state index in [-0.39, 0.29) is 16.8 Å². The zero-order valence-corrected chi connectivity index (χ0v) is 15.5. The van der Waals surface area contributed by atoms with Gasteiger partial charge in [-0.2, -0.15) is 0 Å². The van der Waals surface area contributed by atoms with Crippen LogP contribution >= 0.6 is 11.6 Å². The molecule has 0 spiro atoms. The predicted molar refractivity (Wildman–Crippen MR) is 105 cm³/mol. The van der Waals surface area contributed by atoms with E-state index in [1.165, 1.54) is 12.1 Å². The number of halogens is 2. The summed E-state index contributed by atoms with van der Waals surface area (Å²) in [6, 6.07) is 16.8. The summed E-state index contributed by atoms with van der Waals surface area (Å²) >= 11 is 5.74. The topological polar surface area (TPSA) is 54.0 Å². The number of urea groups is 1. The Hall–Kier alpha value is -2.92. The number of hydrogen-bond donors (Lipinski definition) is 2. The summed E-state index contributed by atoms with van der Waals surface area (Å²) < 4.78 is 13.9. The molecule has 0 radical (unpaired) electrons. The van der Waals surface area contributed by atoms with Crippen molar-refractivity contribution in [2.24, 2.45) is 0 Å². The number of pyridine rings is 1. The number of carbonyl (C=O) groups is 1. The number of amides is 2. The lowest BCUT2D eigenvalue weighted by molar-refractivity contribution is 0.248. The van der Waals surface area contributed by atoms with Gasteiger partial charge in [0.2, 0.25) is 0 Å². The van der Waals surface area contributed by atoms with Crippen molar-refractivity contribution in [2.75, 3.05) is 5.32 Å². The van der Waals surface area contributed by atoms with E-state index in [2.05, 4.69) is 15.6 Å². The van der Waals surface area contributed by atoms with Gasteiger partial charge in [-0.05, 0) is 49.2 Å². The number of anilines is 1. The fourth-order valence-electron chi connectivity index (χ4n) is 2.68. The summed E-state index contributed by atoms with van der Waals surface area (Å²) in [6.07, 6.45) is 2.24. The van der Waals surface area contributed by atoms with Gasteiger partial charge in [-0.25, -0.2) is 9.18 Å². The van der Waals surface area contributed by atoms with Crippen molar-refractivity contribution < 1.29 is 9.18 Å². The van der Waals surface area contributed by atoms with E-state index < -0.39 is 11.8 Å². The number of benzene rings is 2. The van der Waals surface area contributed by atoms with Gasteiger partial charge in [-0.1, -0.05) is 47.5 Å². The number of nitrogens with one attached hydrogen (secondary N) is 2. The van der Waals surface area contributed by atoms with Crippen LogP contribution in [0, 0.1) is 12.7 Å². The Morgan fingerprint density at radius 3 is 2.59 bits per heavy atom. The molecule has 2 amide bonds. The van der Waals surface area contributed by atoms with Crippen molar-refractivity contribution in [1.82, 2.24) is 10.3 Å². The molecule has 0 fully saturated rings. The Kier molecular flexibility index (Phi) is 6.04. The molecule has 1 unspecified atom stereocenters. The van der Waals surface area contributed by atoms with Crippen molar-refractivity contribution in [3.63, 3.8) is 0 Å². The molecule has 0 bridgehead atoms. The number of nitrogens with zero attached hydrogens (tertiary/aromatic N) is 1. The number of carbonyl (C=O) groups excluding carboxylic acids is 1. The van der Waals surface area contributed by atoms with Gasteiger partial charge >= 0.3 is 6.03 Å². The maximum absolute atomic E-state index is 13.9. The van der Waals surface area contributed by atoms with Gasteiger partial charge in [0.25, 0.3) is 0 Å². The Morgan fingerprint density at radius 2 is 1.93 bits per heavy atom. The summed E-state index contributed by atoms with van der Waals surface area (Å²) in [5.41, 5.74) is 3.02. The predicted octanol–water partition coefficient (Wildman–Crippen LogP) is 5.29. The molecule has 3 rings (SSSR count). The van der Waals surface area contributed by atoms with Gasteiger partial charge in [0, 0.05) is 11.2 Å². The van der Waals surface area contributed by atoms with Gasteiger partial charge in [-0.3, -0.25) is 4.98 Å². The van der Waals surface area contributed by atoms with Crippen LogP contribution in [0.25, 0.3) is 0 Å². The zero-order valence-electron chi connectivity index (χ0n) is 14.7. The molecule has 0 aliphatic rings. The summed E-state index contributed by atoms with van der Waals surface area (Å²) in [4.78, 5) is 16.8. The van der Waals surface area contributed by atoms with E-state index in [1.807, 2.05) is 49.4 Å². The average molecular weight is 384 g/mol. The highest BCUT2D eigenvalue weighted by Crippen LogP contribution is 2.20. The molecule has 1 atom stereocenters.